The van der Waals surface area contributed by atoms with E-state index in [1.165, 1.54) is 16.2 Å². The highest BCUT2D eigenvalue weighted by Crippen LogP contribution is 2.38. The summed E-state index contributed by atoms with van der Waals surface area (Å²) in [6.45, 7) is 1.81. The number of fused-ring (bicyclic) bond motifs is 2. The van der Waals surface area contributed by atoms with Crippen LogP contribution in [0, 0.1) is 11.3 Å². The zero-order valence-corrected chi connectivity index (χ0v) is 14.7. The molecule has 5 nitrogen and oxygen atoms in total. The Bertz CT molecular complexity index is 868. The predicted octanol–water partition coefficient (Wildman–Crippen LogP) is 3.67. The Hall–Kier alpha value is -2.52. The first-order valence-electron chi connectivity index (χ1n) is 8.45. The van der Waals surface area contributed by atoms with Crippen LogP contribution in [-0.4, -0.2) is 18.1 Å². The summed E-state index contributed by atoms with van der Waals surface area (Å²) in [5.74, 6) is 0.923. The minimum Gasteiger partial charge on any atom is -0.482 e. The number of nitriles is 1. The minimum absolute atomic E-state index is 0.280. The number of carbonyl (C=O) groups excluding carboxylic acids is 1. The second-order valence-corrected chi connectivity index (χ2v) is 7.43. The first-order chi connectivity index (χ1) is 12.2. The molecule has 2 atom stereocenters. The van der Waals surface area contributed by atoms with Gasteiger partial charge in [-0.15, -0.1) is 11.3 Å². The van der Waals surface area contributed by atoms with E-state index < -0.39 is 12.2 Å². The summed E-state index contributed by atoms with van der Waals surface area (Å²) >= 11 is 1.51. The molecule has 1 amide bonds. The summed E-state index contributed by atoms with van der Waals surface area (Å²) in [4.78, 5) is 14.0. The lowest BCUT2D eigenvalue weighted by molar-refractivity contribution is -0.127. The van der Waals surface area contributed by atoms with Crippen LogP contribution in [0.5, 0.6) is 11.5 Å². The molecule has 1 N–H and O–H groups in total. The van der Waals surface area contributed by atoms with Crippen LogP contribution in [0.1, 0.15) is 35.8 Å². The van der Waals surface area contributed by atoms with Gasteiger partial charge in [-0.05, 0) is 50.3 Å². The predicted molar refractivity (Wildman–Crippen MR) is 95.3 cm³/mol. The number of rotatable bonds is 2. The van der Waals surface area contributed by atoms with E-state index in [1.807, 2.05) is 25.1 Å². The van der Waals surface area contributed by atoms with E-state index in [-0.39, 0.29) is 5.91 Å². The number of ether oxygens (including phenoxy) is 2. The molecule has 0 unspecified atom stereocenters. The van der Waals surface area contributed by atoms with Crippen LogP contribution < -0.4 is 14.8 Å². The first kappa shape index (κ1) is 16.0. The summed E-state index contributed by atoms with van der Waals surface area (Å²) in [6.07, 6.45) is 2.98. The summed E-state index contributed by atoms with van der Waals surface area (Å²) in [6, 6.07) is 9.57. The van der Waals surface area contributed by atoms with E-state index in [4.69, 9.17) is 9.47 Å². The average Bonchev–Trinajstić information content (AvgIpc) is 2.97. The molecule has 128 valence electrons. The fourth-order valence-electron chi connectivity index (χ4n) is 3.36. The molecule has 1 aromatic carbocycles. The molecule has 0 fully saturated rings. The smallest absolute Gasteiger partial charge is 0.270 e. The highest BCUT2D eigenvalue weighted by molar-refractivity contribution is 7.16. The van der Waals surface area contributed by atoms with Gasteiger partial charge in [0.1, 0.15) is 17.2 Å². The SMILES string of the molecule is C[C@@H]1Oc2ccccc2O[C@@H]1C(=O)Nc1sc2c(c1C#N)CCCC2. The molecule has 1 aliphatic heterocycles. The van der Waals surface area contributed by atoms with Crippen molar-refractivity contribution in [2.24, 2.45) is 0 Å². The van der Waals surface area contributed by atoms with Crippen LogP contribution in [-0.2, 0) is 17.6 Å². The molecule has 0 saturated heterocycles. The molecule has 0 saturated carbocycles. The number of anilines is 1. The fourth-order valence-corrected chi connectivity index (χ4v) is 4.60. The van der Waals surface area contributed by atoms with Gasteiger partial charge in [-0.25, -0.2) is 0 Å². The molecule has 0 radical (unpaired) electrons. The number of aryl methyl sites for hydroxylation is 1. The van der Waals surface area contributed by atoms with Gasteiger partial charge in [0.25, 0.3) is 5.91 Å². The highest BCUT2D eigenvalue weighted by Gasteiger charge is 2.35. The molecular formula is C19H18N2O3S. The van der Waals surface area contributed by atoms with Gasteiger partial charge in [0.15, 0.2) is 11.5 Å². The van der Waals surface area contributed by atoms with Gasteiger partial charge >= 0.3 is 0 Å². The van der Waals surface area contributed by atoms with Crippen LogP contribution in [0.25, 0.3) is 0 Å². The normalized spacial score (nSPS) is 21.1. The number of benzene rings is 1. The van der Waals surface area contributed by atoms with Crippen molar-refractivity contribution in [2.75, 3.05) is 5.32 Å². The number of nitrogens with one attached hydrogen (secondary N) is 1. The van der Waals surface area contributed by atoms with Crippen molar-refractivity contribution in [3.05, 3.63) is 40.3 Å². The van der Waals surface area contributed by atoms with Crippen molar-refractivity contribution in [2.45, 2.75) is 44.8 Å². The summed E-state index contributed by atoms with van der Waals surface area (Å²) in [5, 5.41) is 13.1. The lowest BCUT2D eigenvalue weighted by Gasteiger charge is -2.30. The van der Waals surface area contributed by atoms with Crippen molar-refractivity contribution in [3.8, 4) is 17.6 Å². The van der Waals surface area contributed by atoms with Crippen LogP contribution >= 0.6 is 11.3 Å². The van der Waals surface area contributed by atoms with Crippen LogP contribution in [0.4, 0.5) is 5.00 Å². The second kappa shape index (κ2) is 6.41. The maximum Gasteiger partial charge on any atom is 0.270 e. The zero-order chi connectivity index (χ0) is 17.4. The molecule has 0 spiro atoms. The van der Waals surface area contributed by atoms with Gasteiger partial charge < -0.3 is 14.8 Å². The van der Waals surface area contributed by atoms with E-state index in [1.54, 1.807) is 6.07 Å². The zero-order valence-electron chi connectivity index (χ0n) is 13.9. The van der Waals surface area contributed by atoms with Crippen molar-refractivity contribution < 1.29 is 14.3 Å². The second-order valence-electron chi connectivity index (χ2n) is 6.32. The molecule has 2 aliphatic rings. The number of hydrogen-bond donors (Lipinski definition) is 1. The van der Waals surface area contributed by atoms with Gasteiger partial charge in [-0.2, -0.15) is 5.26 Å². The number of nitrogens with zero attached hydrogens (tertiary/aromatic N) is 1. The Morgan fingerprint density at radius 2 is 1.96 bits per heavy atom. The third-order valence-electron chi connectivity index (χ3n) is 4.62. The number of para-hydroxylation sites is 2. The molecule has 2 heterocycles. The minimum atomic E-state index is -0.749. The van der Waals surface area contributed by atoms with Gasteiger partial charge in [-0.1, -0.05) is 12.1 Å². The van der Waals surface area contributed by atoms with Gasteiger partial charge in [0.05, 0.1) is 5.56 Å². The van der Waals surface area contributed by atoms with E-state index in [9.17, 15) is 10.1 Å². The molecule has 1 aromatic heterocycles. The fraction of sp³-hybridized carbons (Fsp3) is 0.368. The Balaban J connectivity index is 1.57. The maximum absolute atomic E-state index is 12.7. The monoisotopic (exact) mass is 354 g/mol. The lowest BCUT2D eigenvalue weighted by Crippen LogP contribution is -2.46. The van der Waals surface area contributed by atoms with E-state index >= 15 is 0 Å². The molecule has 25 heavy (non-hydrogen) atoms. The number of carbonyl (C=O) groups is 1. The standard InChI is InChI=1S/C19H18N2O3S/c1-11-17(24-15-8-4-3-7-14(15)23-11)18(22)21-19-13(10-20)12-6-2-5-9-16(12)25-19/h3-4,7-8,11,17H,2,5-6,9H2,1H3,(H,21,22)/t11-,17-/m0/s1. The number of hydrogen-bond acceptors (Lipinski definition) is 5. The highest BCUT2D eigenvalue weighted by atomic mass is 32.1. The number of thiophene rings is 1. The van der Waals surface area contributed by atoms with Crippen molar-refractivity contribution in [1.29, 1.82) is 5.26 Å². The third kappa shape index (κ3) is 2.85. The Morgan fingerprint density at radius 3 is 2.72 bits per heavy atom. The molecule has 6 heteroatoms. The number of amides is 1. The third-order valence-corrected chi connectivity index (χ3v) is 5.83. The van der Waals surface area contributed by atoms with E-state index in [2.05, 4.69) is 11.4 Å². The summed E-state index contributed by atoms with van der Waals surface area (Å²) < 4.78 is 11.6. The Kier molecular flexibility index (Phi) is 4.10. The summed E-state index contributed by atoms with van der Waals surface area (Å²) in [5.41, 5.74) is 1.71. The van der Waals surface area contributed by atoms with Crippen molar-refractivity contribution in [3.63, 3.8) is 0 Å². The molecule has 4 rings (SSSR count). The van der Waals surface area contributed by atoms with Gasteiger partial charge in [-0.3, -0.25) is 4.79 Å². The van der Waals surface area contributed by atoms with Crippen molar-refractivity contribution in [1.82, 2.24) is 0 Å². The van der Waals surface area contributed by atoms with E-state index in [0.29, 0.717) is 22.1 Å². The first-order valence-corrected chi connectivity index (χ1v) is 9.27. The molecule has 1 aliphatic carbocycles. The van der Waals surface area contributed by atoms with Crippen molar-refractivity contribution >= 4 is 22.2 Å². The molecule has 2 aromatic rings. The molecule has 0 bridgehead atoms. The largest absolute Gasteiger partial charge is 0.482 e. The Labute approximate surface area is 150 Å². The lowest BCUT2D eigenvalue weighted by atomic mass is 9.96. The van der Waals surface area contributed by atoms with Gasteiger partial charge in [0.2, 0.25) is 6.10 Å². The Morgan fingerprint density at radius 1 is 1.24 bits per heavy atom. The van der Waals surface area contributed by atoms with Crippen LogP contribution in [0.2, 0.25) is 0 Å². The van der Waals surface area contributed by atoms with Gasteiger partial charge in [0, 0.05) is 4.88 Å². The summed E-state index contributed by atoms with van der Waals surface area (Å²) in [7, 11) is 0. The maximum atomic E-state index is 12.7. The van der Waals surface area contributed by atoms with Crippen LogP contribution in [0.3, 0.4) is 0 Å². The molecular weight excluding hydrogens is 336 g/mol. The quantitative estimate of drug-likeness (QED) is 0.893. The van der Waals surface area contributed by atoms with E-state index in [0.717, 1.165) is 31.2 Å². The van der Waals surface area contributed by atoms with Crippen LogP contribution in [0.15, 0.2) is 24.3 Å². The average molecular weight is 354 g/mol. The topological polar surface area (TPSA) is 71.3 Å².